The van der Waals surface area contributed by atoms with Gasteiger partial charge < -0.3 is 10.1 Å². The number of hydrogen-bond acceptors (Lipinski definition) is 5. The molecule has 0 aromatic heterocycles. The largest absolute Gasteiger partial charge is 0.573 e. The van der Waals surface area contributed by atoms with Gasteiger partial charge in [-0.15, -0.1) is 13.2 Å². The number of amides is 1. The fraction of sp³-hybridized carbons (Fsp3) is 0.389. The molecule has 0 radical (unpaired) electrons. The van der Waals surface area contributed by atoms with E-state index in [-0.39, 0.29) is 12.2 Å². The Bertz CT molecular complexity index is 767. The molecule has 0 saturated carbocycles. The van der Waals surface area contributed by atoms with Crippen molar-refractivity contribution in [1.29, 1.82) is 5.26 Å². The second-order valence-electron chi connectivity index (χ2n) is 5.90. The third-order valence-corrected chi connectivity index (χ3v) is 3.64. The molecule has 0 atom stereocenters. The molecule has 0 bridgehead atoms. The van der Waals surface area contributed by atoms with Gasteiger partial charge in [0.1, 0.15) is 5.75 Å². The van der Waals surface area contributed by atoms with Gasteiger partial charge >= 0.3 is 6.36 Å². The van der Waals surface area contributed by atoms with Gasteiger partial charge in [-0.25, -0.2) is 4.99 Å². The Hall–Kier alpha value is -3.02. The molecule has 0 saturated heterocycles. The predicted octanol–water partition coefficient (Wildman–Crippen LogP) is 3.17. The second kappa shape index (κ2) is 9.62. The van der Waals surface area contributed by atoms with Crippen molar-refractivity contribution in [3.8, 4) is 11.8 Å². The summed E-state index contributed by atoms with van der Waals surface area (Å²) < 4.78 is 40.6. The van der Waals surface area contributed by atoms with Crippen LogP contribution >= 0.6 is 0 Å². The van der Waals surface area contributed by atoms with Crippen molar-refractivity contribution in [1.82, 2.24) is 10.6 Å². The van der Waals surface area contributed by atoms with Crippen molar-refractivity contribution in [2.75, 3.05) is 6.54 Å². The van der Waals surface area contributed by atoms with E-state index >= 15 is 0 Å². The zero-order chi connectivity index (χ0) is 19.7. The van der Waals surface area contributed by atoms with Crippen LogP contribution < -0.4 is 15.4 Å². The molecular weight excluding hydrogens is 361 g/mol. The smallest absolute Gasteiger partial charge is 0.406 e. The van der Waals surface area contributed by atoms with Gasteiger partial charge in [0.15, 0.2) is 0 Å². The standard InChI is InChI=1S/C18H19F3N4O2/c19-18(20,21)27-15-7-4-6-13(9-15)10-16(26)25-17-23-11-14(12-24-17)5-2-1-3-8-22/h4,6-7,9,11H,1-3,5,10,12H2,(H2,23,24,25,26). The van der Waals surface area contributed by atoms with E-state index in [2.05, 4.69) is 26.4 Å². The molecule has 144 valence electrons. The maximum atomic E-state index is 12.2. The Morgan fingerprint density at radius 3 is 2.85 bits per heavy atom. The fourth-order valence-corrected chi connectivity index (χ4v) is 2.44. The molecule has 1 aliphatic heterocycles. The van der Waals surface area contributed by atoms with Crippen LogP contribution in [0, 0.1) is 11.3 Å². The summed E-state index contributed by atoms with van der Waals surface area (Å²) in [6, 6.07) is 7.37. The number of carbonyl (C=O) groups is 1. The number of carbonyl (C=O) groups excluding carboxylic acids is 1. The highest BCUT2D eigenvalue weighted by atomic mass is 19.4. The minimum Gasteiger partial charge on any atom is -0.406 e. The molecule has 1 aromatic rings. The number of rotatable bonds is 7. The molecule has 2 N–H and O–H groups in total. The number of guanidine groups is 1. The van der Waals surface area contributed by atoms with E-state index in [0.29, 0.717) is 24.5 Å². The van der Waals surface area contributed by atoms with Gasteiger partial charge in [0.05, 0.1) is 19.0 Å². The van der Waals surface area contributed by atoms with Crippen LogP contribution in [0.3, 0.4) is 0 Å². The van der Waals surface area contributed by atoms with Crippen LogP contribution in [0.1, 0.15) is 31.2 Å². The first-order chi connectivity index (χ1) is 12.9. The number of ether oxygens (including phenoxy) is 1. The van der Waals surface area contributed by atoms with Crippen LogP contribution in [-0.4, -0.2) is 24.8 Å². The van der Waals surface area contributed by atoms with Crippen molar-refractivity contribution in [2.45, 2.75) is 38.5 Å². The van der Waals surface area contributed by atoms with E-state index < -0.39 is 12.3 Å². The molecule has 1 aliphatic rings. The lowest BCUT2D eigenvalue weighted by molar-refractivity contribution is -0.274. The summed E-state index contributed by atoms with van der Waals surface area (Å²) in [7, 11) is 0. The second-order valence-corrected chi connectivity index (χ2v) is 5.90. The Morgan fingerprint density at radius 1 is 1.37 bits per heavy atom. The number of benzene rings is 1. The summed E-state index contributed by atoms with van der Waals surface area (Å²) in [6.07, 6.45) is -0.0354. The van der Waals surface area contributed by atoms with E-state index in [1.807, 2.05) is 0 Å². The summed E-state index contributed by atoms with van der Waals surface area (Å²) in [4.78, 5) is 16.3. The zero-order valence-electron chi connectivity index (χ0n) is 14.5. The van der Waals surface area contributed by atoms with Crippen molar-refractivity contribution in [3.63, 3.8) is 0 Å². The number of halogens is 3. The molecule has 9 heteroatoms. The highest BCUT2D eigenvalue weighted by Gasteiger charge is 2.31. The lowest BCUT2D eigenvalue weighted by atomic mass is 10.1. The van der Waals surface area contributed by atoms with Crippen molar-refractivity contribution >= 4 is 11.9 Å². The third-order valence-electron chi connectivity index (χ3n) is 3.64. The average Bonchev–Trinajstić information content (AvgIpc) is 2.59. The number of nitriles is 1. The highest BCUT2D eigenvalue weighted by molar-refractivity contribution is 5.98. The molecule has 1 heterocycles. The molecule has 2 rings (SSSR count). The molecule has 0 spiro atoms. The van der Waals surface area contributed by atoms with Crippen LogP contribution in [0.15, 0.2) is 41.0 Å². The molecular formula is C18H19F3N4O2. The molecule has 0 aliphatic carbocycles. The van der Waals surface area contributed by atoms with E-state index in [0.717, 1.165) is 24.8 Å². The monoisotopic (exact) mass is 380 g/mol. The van der Waals surface area contributed by atoms with Crippen LogP contribution in [0.5, 0.6) is 5.75 Å². The van der Waals surface area contributed by atoms with Crippen LogP contribution in [-0.2, 0) is 11.2 Å². The first-order valence-corrected chi connectivity index (χ1v) is 8.36. The van der Waals surface area contributed by atoms with Gasteiger partial charge in [-0.3, -0.25) is 10.1 Å². The van der Waals surface area contributed by atoms with Crippen LogP contribution in [0.4, 0.5) is 13.2 Å². The number of aliphatic imine (C=N–C) groups is 1. The SMILES string of the molecule is N#CCCCCC1=CNC(NC(=O)Cc2cccc(OC(F)(F)F)c2)=NC1. The average molecular weight is 380 g/mol. The molecule has 0 unspecified atom stereocenters. The normalized spacial score (nSPS) is 13.7. The molecule has 6 nitrogen and oxygen atoms in total. The Kier molecular flexibility index (Phi) is 7.23. The molecule has 1 aromatic carbocycles. The summed E-state index contributed by atoms with van der Waals surface area (Å²) in [6.45, 7) is 0.448. The summed E-state index contributed by atoms with van der Waals surface area (Å²) in [5, 5.41) is 14.0. The predicted molar refractivity (Wildman–Crippen MR) is 92.6 cm³/mol. The van der Waals surface area contributed by atoms with Gasteiger partial charge in [-0.05, 0) is 42.5 Å². The maximum absolute atomic E-state index is 12.2. The van der Waals surface area contributed by atoms with E-state index in [4.69, 9.17) is 5.26 Å². The highest BCUT2D eigenvalue weighted by Crippen LogP contribution is 2.23. The quantitative estimate of drug-likeness (QED) is 0.712. The fourth-order valence-electron chi connectivity index (χ4n) is 2.44. The van der Waals surface area contributed by atoms with Crippen LogP contribution in [0.2, 0.25) is 0 Å². The minimum absolute atomic E-state index is 0.111. The Labute approximate surface area is 154 Å². The Balaban J connectivity index is 1.79. The number of hydrogen-bond donors (Lipinski definition) is 2. The molecule has 0 fully saturated rings. The topological polar surface area (TPSA) is 86.5 Å². The van der Waals surface area contributed by atoms with Gasteiger partial charge in [-0.2, -0.15) is 5.26 Å². The summed E-state index contributed by atoms with van der Waals surface area (Å²) in [5.41, 5.74) is 1.46. The maximum Gasteiger partial charge on any atom is 0.573 e. The van der Waals surface area contributed by atoms with Gasteiger partial charge in [-0.1, -0.05) is 12.1 Å². The number of unbranched alkanes of at least 4 members (excludes halogenated alkanes) is 2. The number of nitrogens with zero attached hydrogens (tertiary/aromatic N) is 2. The lowest BCUT2D eigenvalue weighted by Gasteiger charge is -2.15. The zero-order valence-corrected chi connectivity index (χ0v) is 14.5. The summed E-state index contributed by atoms with van der Waals surface area (Å²) >= 11 is 0. The van der Waals surface area contributed by atoms with E-state index in [9.17, 15) is 18.0 Å². The number of nitrogens with one attached hydrogen (secondary N) is 2. The summed E-state index contributed by atoms with van der Waals surface area (Å²) in [5.74, 6) is -0.482. The van der Waals surface area contributed by atoms with Gasteiger partial charge in [0.25, 0.3) is 0 Å². The molecule has 1 amide bonds. The van der Waals surface area contributed by atoms with Crippen LogP contribution in [0.25, 0.3) is 0 Å². The number of alkyl halides is 3. The molecule has 27 heavy (non-hydrogen) atoms. The van der Waals surface area contributed by atoms with Crippen molar-refractivity contribution in [2.24, 2.45) is 4.99 Å². The lowest BCUT2D eigenvalue weighted by Crippen LogP contribution is -2.41. The first-order valence-electron chi connectivity index (χ1n) is 8.36. The minimum atomic E-state index is -4.78. The Morgan fingerprint density at radius 2 is 2.19 bits per heavy atom. The third kappa shape index (κ3) is 7.81. The van der Waals surface area contributed by atoms with Gasteiger partial charge in [0.2, 0.25) is 11.9 Å². The van der Waals surface area contributed by atoms with Gasteiger partial charge in [0, 0.05) is 12.6 Å². The van der Waals surface area contributed by atoms with Crippen molar-refractivity contribution in [3.05, 3.63) is 41.6 Å². The first kappa shape index (κ1) is 20.3. The van der Waals surface area contributed by atoms with Crippen molar-refractivity contribution < 1.29 is 22.7 Å². The van der Waals surface area contributed by atoms with E-state index in [1.165, 1.54) is 24.3 Å². The van der Waals surface area contributed by atoms with E-state index in [1.54, 1.807) is 6.20 Å².